The highest BCUT2D eigenvalue weighted by molar-refractivity contribution is 9.10. The van der Waals surface area contributed by atoms with Crippen molar-refractivity contribution in [2.24, 2.45) is 5.73 Å². The SMILES string of the molecule is COc1cc(Br)ccc1C(N)c1cc(C)sc1C. The lowest BCUT2D eigenvalue weighted by Crippen LogP contribution is -2.13. The van der Waals surface area contributed by atoms with Crippen LogP contribution in [0.5, 0.6) is 5.75 Å². The molecule has 0 amide bonds. The minimum atomic E-state index is -0.141. The summed E-state index contributed by atoms with van der Waals surface area (Å²) in [5, 5.41) is 0. The largest absolute Gasteiger partial charge is 0.496 e. The van der Waals surface area contributed by atoms with Gasteiger partial charge in [-0.3, -0.25) is 0 Å². The van der Waals surface area contributed by atoms with Crippen molar-refractivity contribution < 1.29 is 4.74 Å². The maximum Gasteiger partial charge on any atom is 0.125 e. The third-order valence-electron chi connectivity index (χ3n) is 2.95. The molecule has 0 aliphatic rings. The zero-order valence-electron chi connectivity index (χ0n) is 10.7. The van der Waals surface area contributed by atoms with Crippen molar-refractivity contribution in [2.75, 3.05) is 7.11 Å². The van der Waals surface area contributed by atoms with E-state index in [9.17, 15) is 0 Å². The fourth-order valence-electron chi connectivity index (χ4n) is 2.07. The van der Waals surface area contributed by atoms with Gasteiger partial charge in [0.15, 0.2) is 0 Å². The Balaban J connectivity index is 2.45. The van der Waals surface area contributed by atoms with E-state index >= 15 is 0 Å². The van der Waals surface area contributed by atoms with Crippen LogP contribution in [0.3, 0.4) is 0 Å². The predicted octanol–water partition coefficient (Wildman–Crippen LogP) is 4.18. The lowest BCUT2D eigenvalue weighted by Gasteiger charge is -2.16. The van der Waals surface area contributed by atoms with E-state index in [4.69, 9.17) is 10.5 Å². The molecule has 1 aromatic carbocycles. The average Bonchev–Trinajstić information content (AvgIpc) is 2.67. The molecule has 2 nitrogen and oxygen atoms in total. The molecule has 1 unspecified atom stereocenters. The molecule has 2 rings (SSSR count). The van der Waals surface area contributed by atoms with Gasteiger partial charge in [-0.2, -0.15) is 0 Å². The van der Waals surface area contributed by atoms with E-state index < -0.39 is 0 Å². The number of hydrogen-bond donors (Lipinski definition) is 1. The molecule has 1 atom stereocenters. The number of nitrogens with two attached hydrogens (primary N) is 1. The number of hydrogen-bond acceptors (Lipinski definition) is 3. The second-order valence-electron chi connectivity index (χ2n) is 4.23. The topological polar surface area (TPSA) is 35.2 Å². The second kappa shape index (κ2) is 5.43. The van der Waals surface area contributed by atoms with Crippen molar-refractivity contribution in [1.29, 1.82) is 0 Å². The summed E-state index contributed by atoms with van der Waals surface area (Å²) in [4.78, 5) is 2.55. The van der Waals surface area contributed by atoms with Crippen molar-refractivity contribution in [3.63, 3.8) is 0 Å². The van der Waals surface area contributed by atoms with Crippen LogP contribution in [0, 0.1) is 13.8 Å². The van der Waals surface area contributed by atoms with E-state index in [1.807, 2.05) is 18.2 Å². The minimum Gasteiger partial charge on any atom is -0.496 e. The molecular formula is C14H16BrNOS. The van der Waals surface area contributed by atoms with E-state index in [0.29, 0.717) is 0 Å². The molecule has 0 radical (unpaired) electrons. The highest BCUT2D eigenvalue weighted by Crippen LogP contribution is 2.34. The van der Waals surface area contributed by atoms with Crippen LogP contribution in [-0.2, 0) is 0 Å². The van der Waals surface area contributed by atoms with E-state index in [2.05, 4.69) is 35.8 Å². The zero-order chi connectivity index (χ0) is 13.3. The molecule has 2 N–H and O–H groups in total. The van der Waals surface area contributed by atoms with Crippen LogP contribution in [0.15, 0.2) is 28.7 Å². The summed E-state index contributed by atoms with van der Waals surface area (Å²) in [6.07, 6.45) is 0. The number of benzene rings is 1. The van der Waals surface area contributed by atoms with Crippen molar-refractivity contribution in [3.8, 4) is 5.75 Å². The zero-order valence-corrected chi connectivity index (χ0v) is 13.1. The molecule has 4 heteroatoms. The summed E-state index contributed by atoms with van der Waals surface area (Å²) >= 11 is 5.22. The fraction of sp³-hybridized carbons (Fsp3) is 0.286. The third-order valence-corrected chi connectivity index (χ3v) is 4.42. The van der Waals surface area contributed by atoms with Gasteiger partial charge in [0.25, 0.3) is 0 Å². The van der Waals surface area contributed by atoms with Gasteiger partial charge in [-0.15, -0.1) is 11.3 Å². The molecule has 96 valence electrons. The van der Waals surface area contributed by atoms with Crippen molar-refractivity contribution >= 4 is 27.3 Å². The third kappa shape index (κ3) is 2.60. The fourth-order valence-corrected chi connectivity index (χ4v) is 3.38. The van der Waals surface area contributed by atoms with Gasteiger partial charge in [0.05, 0.1) is 13.2 Å². The number of halogens is 1. The van der Waals surface area contributed by atoms with Gasteiger partial charge in [0, 0.05) is 19.8 Å². The highest BCUT2D eigenvalue weighted by Gasteiger charge is 2.17. The highest BCUT2D eigenvalue weighted by atomic mass is 79.9. The van der Waals surface area contributed by atoms with Gasteiger partial charge >= 0.3 is 0 Å². The number of rotatable bonds is 3. The van der Waals surface area contributed by atoms with Crippen LogP contribution >= 0.6 is 27.3 Å². The maximum atomic E-state index is 6.37. The van der Waals surface area contributed by atoms with Gasteiger partial charge in [-0.25, -0.2) is 0 Å². The molecule has 0 aliphatic carbocycles. The normalized spacial score (nSPS) is 12.5. The maximum absolute atomic E-state index is 6.37. The Morgan fingerprint density at radius 2 is 1.94 bits per heavy atom. The Kier molecular flexibility index (Phi) is 4.10. The molecule has 0 saturated heterocycles. The first-order chi connectivity index (χ1) is 8.52. The molecule has 0 fully saturated rings. The van der Waals surface area contributed by atoms with Gasteiger partial charge in [0.2, 0.25) is 0 Å². The Hall–Kier alpha value is -0.840. The van der Waals surface area contributed by atoms with Crippen molar-refractivity contribution in [3.05, 3.63) is 49.6 Å². The average molecular weight is 326 g/mol. The summed E-state index contributed by atoms with van der Waals surface area (Å²) in [6, 6.07) is 7.97. The van der Waals surface area contributed by atoms with Crippen LogP contribution in [0.4, 0.5) is 0 Å². The first-order valence-electron chi connectivity index (χ1n) is 5.69. The first-order valence-corrected chi connectivity index (χ1v) is 7.30. The number of methoxy groups -OCH3 is 1. The number of thiophene rings is 1. The van der Waals surface area contributed by atoms with Crippen LogP contribution in [0.25, 0.3) is 0 Å². The van der Waals surface area contributed by atoms with E-state index in [1.165, 1.54) is 15.3 Å². The first kappa shape index (κ1) is 13.6. The molecule has 0 bridgehead atoms. The minimum absolute atomic E-state index is 0.141. The molecule has 18 heavy (non-hydrogen) atoms. The smallest absolute Gasteiger partial charge is 0.125 e. The van der Waals surface area contributed by atoms with Crippen LogP contribution < -0.4 is 10.5 Å². The molecule has 1 heterocycles. The molecule has 0 saturated carbocycles. The summed E-state index contributed by atoms with van der Waals surface area (Å²) in [7, 11) is 1.67. The summed E-state index contributed by atoms with van der Waals surface area (Å²) in [5.74, 6) is 0.820. The monoisotopic (exact) mass is 325 g/mol. The Labute approximate surface area is 120 Å². The molecular weight excluding hydrogens is 310 g/mol. The Morgan fingerprint density at radius 1 is 1.22 bits per heavy atom. The summed E-state index contributed by atoms with van der Waals surface area (Å²) in [6.45, 7) is 4.21. The lowest BCUT2D eigenvalue weighted by atomic mass is 9.99. The summed E-state index contributed by atoms with van der Waals surface area (Å²) in [5.41, 5.74) is 8.56. The Bertz CT molecular complexity index is 565. The molecule has 1 aromatic heterocycles. The van der Waals surface area contributed by atoms with Crippen molar-refractivity contribution in [2.45, 2.75) is 19.9 Å². The second-order valence-corrected chi connectivity index (χ2v) is 6.61. The molecule has 0 spiro atoms. The quantitative estimate of drug-likeness (QED) is 0.918. The number of aryl methyl sites for hydroxylation is 2. The van der Waals surface area contributed by atoms with Crippen LogP contribution in [0.2, 0.25) is 0 Å². The van der Waals surface area contributed by atoms with Crippen LogP contribution in [0.1, 0.15) is 26.9 Å². The van der Waals surface area contributed by atoms with Gasteiger partial charge in [-0.1, -0.05) is 22.0 Å². The van der Waals surface area contributed by atoms with Gasteiger partial charge in [-0.05, 0) is 37.6 Å². The van der Waals surface area contributed by atoms with Gasteiger partial charge in [0.1, 0.15) is 5.75 Å². The van der Waals surface area contributed by atoms with Crippen LogP contribution in [-0.4, -0.2) is 7.11 Å². The standard InChI is InChI=1S/C14H16BrNOS/c1-8-6-12(9(2)18-8)14(16)11-5-4-10(15)7-13(11)17-3/h4-7,14H,16H2,1-3H3. The van der Waals surface area contributed by atoms with E-state index in [-0.39, 0.29) is 6.04 Å². The number of ether oxygens (including phenoxy) is 1. The van der Waals surface area contributed by atoms with E-state index in [0.717, 1.165) is 15.8 Å². The lowest BCUT2D eigenvalue weighted by molar-refractivity contribution is 0.407. The predicted molar refractivity (Wildman–Crippen MR) is 80.5 cm³/mol. The molecule has 0 aliphatic heterocycles. The van der Waals surface area contributed by atoms with Gasteiger partial charge < -0.3 is 10.5 Å². The van der Waals surface area contributed by atoms with Crippen molar-refractivity contribution in [1.82, 2.24) is 0 Å². The molecule has 2 aromatic rings. The van der Waals surface area contributed by atoms with E-state index in [1.54, 1.807) is 18.4 Å². The summed E-state index contributed by atoms with van der Waals surface area (Å²) < 4.78 is 6.40. The Morgan fingerprint density at radius 3 is 2.50 bits per heavy atom.